The van der Waals surface area contributed by atoms with Crippen molar-refractivity contribution in [2.45, 2.75) is 38.7 Å². The number of likely N-dealkylation sites (tertiary alicyclic amines) is 1. The molecule has 0 radical (unpaired) electrons. The third-order valence-corrected chi connectivity index (χ3v) is 4.98. The van der Waals surface area contributed by atoms with E-state index in [0.717, 1.165) is 4.90 Å². The molecule has 1 atom stereocenters. The smallest absolute Gasteiger partial charge is 0.273 e. The number of anilines is 2. The van der Waals surface area contributed by atoms with Crippen LogP contribution in [0.3, 0.4) is 0 Å². The van der Waals surface area contributed by atoms with Crippen molar-refractivity contribution in [3.63, 3.8) is 0 Å². The summed E-state index contributed by atoms with van der Waals surface area (Å²) in [6.45, 7) is 2.36. The molecule has 1 aliphatic heterocycles. The summed E-state index contributed by atoms with van der Waals surface area (Å²) in [5.41, 5.74) is 0.964. The number of aromatic nitrogens is 2. The minimum Gasteiger partial charge on any atom is -0.354 e. The van der Waals surface area contributed by atoms with Gasteiger partial charge in [0.2, 0.25) is 5.91 Å². The molecule has 3 rings (SSSR count). The van der Waals surface area contributed by atoms with Gasteiger partial charge in [-0.15, -0.1) is 0 Å². The first-order chi connectivity index (χ1) is 14.7. The van der Waals surface area contributed by atoms with Gasteiger partial charge in [0, 0.05) is 32.1 Å². The molecule has 8 nitrogen and oxygen atoms in total. The van der Waals surface area contributed by atoms with Crippen LogP contribution in [0.2, 0.25) is 0 Å². The van der Waals surface area contributed by atoms with E-state index in [0.29, 0.717) is 22.8 Å². The maximum Gasteiger partial charge on any atom is 0.273 e. The highest BCUT2D eigenvalue weighted by atomic mass is 19.3. The van der Waals surface area contributed by atoms with Gasteiger partial charge in [-0.3, -0.25) is 9.59 Å². The fourth-order valence-electron chi connectivity index (χ4n) is 3.35. The van der Waals surface area contributed by atoms with E-state index in [2.05, 4.69) is 20.6 Å². The van der Waals surface area contributed by atoms with Crippen LogP contribution >= 0.6 is 0 Å². The lowest BCUT2D eigenvalue weighted by atomic mass is 9.98. The van der Waals surface area contributed by atoms with Gasteiger partial charge >= 0.3 is 0 Å². The Kier molecular flexibility index (Phi) is 6.44. The molecule has 0 bridgehead atoms. The molecular formula is C21H22F2N6O2. The van der Waals surface area contributed by atoms with E-state index in [-0.39, 0.29) is 31.0 Å². The summed E-state index contributed by atoms with van der Waals surface area (Å²) in [6.07, 6.45) is 1.18. The molecule has 1 fully saturated rings. The molecule has 0 aliphatic carbocycles. The highest BCUT2D eigenvalue weighted by Crippen LogP contribution is 2.31. The normalized spacial score (nSPS) is 17.5. The zero-order chi connectivity index (χ0) is 22.6. The van der Waals surface area contributed by atoms with Crippen molar-refractivity contribution in [2.75, 3.05) is 18.4 Å². The number of nitrogens with one attached hydrogen (secondary N) is 2. The first-order valence-electron chi connectivity index (χ1n) is 9.72. The molecule has 3 heterocycles. The Balaban J connectivity index is 1.86. The van der Waals surface area contributed by atoms with Crippen LogP contribution in [0.4, 0.5) is 20.4 Å². The van der Waals surface area contributed by atoms with Crippen molar-refractivity contribution in [3.05, 3.63) is 47.3 Å². The quantitative estimate of drug-likeness (QED) is 0.758. The highest BCUT2D eigenvalue weighted by molar-refractivity contribution is 5.94. The molecule has 2 aromatic heterocycles. The summed E-state index contributed by atoms with van der Waals surface area (Å²) in [7, 11) is 0. The van der Waals surface area contributed by atoms with Crippen molar-refractivity contribution in [1.29, 1.82) is 5.26 Å². The zero-order valence-electron chi connectivity index (χ0n) is 17.2. The maximum atomic E-state index is 14.1. The number of alkyl halides is 2. The lowest BCUT2D eigenvalue weighted by molar-refractivity contribution is -0.119. The van der Waals surface area contributed by atoms with Gasteiger partial charge in [-0.05, 0) is 37.1 Å². The fourth-order valence-corrected chi connectivity index (χ4v) is 3.35. The number of nitriles is 1. The molecule has 0 spiro atoms. The summed E-state index contributed by atoms with van der Waals surface area (Å²) < 4.78 is 28.2. The average molecular weight is 428 g/mol. The third kappa shape index (κ3) is 5.51. The summed E-state index contributed by atoms with van der Waals surface area (Å²) >= 11 is 0. The van der Waals surface area contributed by atoms with Crippen molar-refractivity contribution >= 4 is 23.5 Å². The lowest BCUT2D eigenvalue weighted by Crippen LogP contribution is -2.55. The van der Waals surface area contributed by atoms with Crippen molar-refractivity contribution in [3.8, 4) is 6.07 Å². The number of carbonyl (C=O) groups excluding carboxylic acids is 2. The standard InChI is InChI=1S/C21H22F2N6O2/c1-13-3-4-17(27-18-9-15(10-24)6-8-25-18)28-19(13)20(31)29-12-21(22,23)7-5-16(29)11-26-14(2)30/h3-4,6,8-9,16H,5,7,11-12H2,1-2H3,(H,26,30)(H,25,27,28)/t16-/m1/s1. The number of halogens is 2. The number of piperidine rings is 1. The van der Waals surface area contributed by atoms with Gasteiger partial charge in [-0.1, -0.05) is 6.07 Å². The Morgan fingerprint density at radius 1 is 1.32 bits per heavy atom. The molecule has 0 saturated carbocycles. The molecule has 10 heteroatoms. The van der Waals surface area contributed by atoms with Gasteiger partial charge in [-0.2, -0.15) is 5.26 Å². The average Bonchev–Trinajstić information content (AvgIpc) is 2.73. The second kappa shape index (κ2) is 9.04. The second-order valence-corrected chi connectivity index (χ2v) is 7.45. The SMILES string of the molecule is CC(=O)NC[C@H]1CCC(F)(F)CN1C(=O)c1nc(Nc2cc(C#N)ccn2)ccc1C. The van der Waals surface area contributed by atoms with E-state index in [1.807, 2.05) is 6.07 Å². The summed E-state index contributed by atoms with van der Waals surface area (Å²) in [4.78, 5) is 34.0. The van der Waals surface area contributed by atoms with Crippen molar-refractivity contribution in [1.82, 2.24) is 20.2 Å². The van der Waals surface area contributed by atoms with Gasteiger partial charge in [0.15, 0.2) is 0 Å². The molecule has 0 unspecified atom stereocenters. The predicted octanol–water partition coefficient (Wildman–Crippen LogP) is 2.78. The number of aryl methyl sites for hydroxylation is 1. The number of hydrogen-bond donors (Lipinski definition) is 2. The van der Waals surface area contributed by atoms with Gasteiger partial charge in [0.1, 0.15) is 17.3 Å². The number of pyridine rings is 2. The fraction of sp³-hybridized carbons (Fsp3) is 0.381. The van der Waals surface area contributed by atoms with Gasteiger partial charge < -0.3 is 15.5 Å². The zero-order valence-corrected chi connectivity index (χ0v) is 17.2. The van der Waals surface area contributed by atoms with E-state index in [9.17, 15) is 18.4 Å². The van der Waals surface area contributed by atoms with E-state index in [4.69, 9.17) is 5.26 Å². The first kappa shape index (κ1) is 22.1. The maximum absolute atomic E-state index is 14.1. The minimum atomic E-state index is -3.01. The number of amides is 2. The van der Waals surface area contributed by atoms with Crippen molar-refractivity contribution in [2.24, 2.45) is 0 Å². The second-order valence-electron chi connectivity index (χ2n) is 7.45. The summed E-state index contributed by atoms with van der Waals surface area (Å²) in [5.74, 6) is -3.28. The monoisotopic (exact) mass is 428 g/mol. The number of rotatable bonds is 5. The van der Waals surface area contributed by atoms with Crippen LogP contribution in [0.5, 0.6) is 0 Å². The molecular weight excluding hydrogens is 406 g/mol. The van der Waals surface area contributed by atoms with Crippen LogP contribution in [0.15, 0.2) is 30.5 Å². The minimum absolute atomic E-state index is 0.0342. The van der Waals surface area contributed by atoms with E-state index in [1.54, 1.807) is 25.1 Å². The molecule has 2 N–H and O–H groups in total. The number of carbonyl (C=O) groups is 2. The van der Waals surface area contributed by atoms with Gasteiger partial charge in [-0.25, -0.2) is 18.7 Å². The van der Waals surface area contributed by atoms with Crippen LogP contribution in [0, 0.1) is 18.3 Å². The Morgan fingerprint density at radius 2 is 2.10 bits per heavy atom. The molecule has 1 aliphatic rings. The van der Waals surface area contributed by atoms with Crippen LogP contribution < -0.4 is 10.6 Å². The number of nitrogens with zero attached hydrogens (tertiary/aromatic N) is 4. The van der Waals surface area contributed by atoms with Crippen LogP contribution in [0.1, 0.15) is 41.4 Å². The first-order valence-corrected chi connectivity index (χ1v) is 9.72. The Bertz CT molecular complexity index is 1040. The summed E-state index contributed by atoms with van der Waals surface area (Å²) in [6, 6.07) is 7.81. The Morgan fingerprint density at radius 3 is 2.81 bits per heavy atom. The largest absolute Gasteiger partial charge is 0.354 e. The van der Waals surface area contributed by atoms with Crippen LogP contribution in [-0.2, 0) is 4.79 Å². The third-order valence-electron chi connectivity index (χ3n) is 4.98. The molecule has 0 aromatic carbocycles. The van der Waals surface area contributed by atoms with Crippen molar-refractivity contribution < 1.29 is 18.4 Å². The molecule has 162 valence electrons. The van der Waals surface area contributed by atoms with E-state index in [1.165, 1.54) is 19.2 Å². The molecule has 1 saturated heterocycles. The van der Waals surface area contributed by atoms with Gasteiger partial charge in [0.25, 0.3) is 11.8 Å². The lowest BCUT2D eigenvalue weighted by Gasteiger charge is -2.39. The van der Waals surface area contributed by atoms with E-state index < -0.39 is 24.4 Å². The molecule has 2 amide bonds. The molecule has 31 heavy (non-hydrogen) atoms. The Hall–Kier alpha value is -3.61. The van der Waals surface area contributed by atoms with Gasteiger partial charge in [0.05, 0.1) is 18.2 Å². The predicted molar refractivity (Wildman–Crippen MR) is 109 cm³/mol. The highest BCUT2D eigenvalue weighted by Gasteiger charge is 2.42. The Labute approximate surface area is 178 Å². The number of hydrogen-bond acceptors (Lipinski definition) is 6. The van der Waals surface area contributed by atoms with E-state index >= 15 is 0 Å². The van der Waals surface area contributed by atoms with Crippen LogP contribution in [0.25, 0.3) is 0 Å². The van der Waals surface area contributed by atoms with Crippen LogP contribution in [-0.4, -0.2) is 51.7 Å². The topological polar surface area (TPSA) is 111 Å². The molecule has 2 aromatic rings. The summed E-state index contributed by atoms with van der Waals surface area (Å²) in [5, 5.41) is 14.5.